The average Bonchev–Trinajstić information content (AvgIpc) is 2.89. The summed E-state index contributed by atoms with van der Waals surface area (Å²) >= 11 is 6.27. The van der Waals surface area contributed by atoms with Crippen LogP contribution in [0.15, 0.2) is 78.9 Å². The number of hydrogen-bond donors (Lipinski definition) is 1. The number of amides is 2. The number of halogens is 1. The van der Waals surface area contributed by atoms with E-state index < -0.39 is 6.23 Å². The molecule has 0 bridgehead atoms. The van der Waals surface area contributed by atoms with E-state index in [1.807, 2.05) is 36.4 Å². The Morgan fingerprint density at radius 2 is 1.79 bits per heavy atom. The maximum atomic E-state index is 13.1. The largest absolute Gasteiger partial charge is 1.00 e. The molecule has 0 saturated heterocycles. The van der Waals surface area contributed by atoms with Crippen molar-refractivity contribution in [2.45, 2.75) is 26.0 Å². The van der Waals surface area contributed by atoms with Crippen LogP contribution in [-0.4, -0.2) is 30.9 Å². The molecule has 1 aliphatic heterocycles. The summed E-state index contributed by atoms with van der Waals surface area (Å²) in [6.45, 7) is 5.38. The molecular weight excluding hydrogens is 513 g/mol. The van der Waals surface area contributed by atoms with Crippen LogP contribution in [0, 0.1) is 6.92 Å². The van der Waals surface area contributed by atoms with Crippen molar-refractivity contribution in [1.82, 2.24) is 0 Å². The second-order valence-electron chi connectivity index (χ2n) is 8.57. The number of benzene rings is 3. The first kappa shape index (κ1) is 29.5. The number of hydrazine groups is 1. The van der Waals surface area contributed by atoms with Gasteiger partial charge in [0.25, 0.3) is 5.91 Å². The van der Waals surface area contributed by atoms with Crippen molar-refractivity contribution in [3.8, 4) is 0 Å². The molecular formula is C29H27ClN3NaO4. The molecule has 0 saturated carbocycles. The van der Waals surface area contributed by atoms with Crippen LogP contribution in [0.4, 0.5) is 17.1 Å². The first-order valence-electron chi connectivity index (χ1n) is 11.7. The third-order valence-electron chi connectivity index (χ3n) is 6.01. The van der Waals surface area contributed by atoms with Crippen LogP contribution in [-0.2, 0) is 20.7 Å². The Hall–Kier alpha value is -3.07. The van der Waals surface area contributed by atoms with Crippen LogP contribution in [0.3, 0.4) is 0 Å². The van der Waals surface area contributed by atoms with E-state index in [-0.39, 0.29) is 47.2 Å². The van der Waals surface area contributed by atoms with Crippen LogP contribution >= 0.6 is 11.6 Å². The number of nitrogens with zero attached hydrogens (tertiary/aromatic N) is 2. The number of aryl methyl sites for hydroxylation is 1. The van der Waals surface area contributed by atoms with Crippen LogP contribution in [0.1, 0.15) is 34.8 Å². The number of hydrogen-bond acceptors (Lipinski definition) is 5. The average molecular weight is 540 g/mol. The smallest absolute Gasteiger partial charge is 0.379 e. The number of ether oxygens (including phenoxy) is 1. The minimum Gasteiger partial charge on any atom is -0.379 e. The molecule has 0 aliphatic carbocycles. The molecule has 0 radical (unpaired) electrons. The Balaban J connectivity index is 0.00000400. The molecule has 1 heterocycles. The number of anilines is 3. The molecule has 3 aromatic carbocycles. The van der Waals surface area contributed by atoms with E-state index in [0.717, 1.165) is 11.1 Å². The van der Waals surface area contributed by atoms with E-state index >= 15 is 0 Å². The molecule has 1 aliphatic rings. The van der Waals surface area contributed by atoms with Crippen LogP contribution in [0.5, 0.6) is 0 Å². The van der Waals surface area contributed by atoms with Crippen molar-refractivity contribution in [3.05, 3.63) is 108 Å². The van der Waals surface area contributed by atoms with Crippen molar-refractivity contribution in [2.24, 2.45) is 0 Å². The molecule has 4 rings (SSSR count). The first-order chi connectivity index (χ1) is 17.8. The number of ketones is 1. The van der Waals surface area contributed by atoms with Gasteiger partial charge < -0.3 is 10.1 Å². The van der Waals surface area contributed by atoms with E-state index in [0.29, 0.717) is 40.5 Å². The fourth-order valence-corrected chi connectivity index (χ4v) is 4.29. The van der Waals surface area contributed by atoms with E-state index in [9.17, 15) is 14.4 Å². The monoisotopic (exact) mass is 539 g/mol. The van der Waals surface area contributed by atoms with Gasteiger partial charge in [-0.15, -0.1) is 6.07 Å². The van der Waals surface area contributed by atoms with E-state index in [1.165, 1.54) is 25.1 Å². The summed E-state index contributed by atoms with van der Waals surface area (Å²) in [7, 11) is 1.52. The Kier molecular flexibility index (Phi) is 10.2. The van der Waals surface area contributed by atoms with Gasteiger partial charge in [-0.05, 0) is 55.3 Å². The number of methoxy groups -OCH3 is 1. The number of rotatable bonds is 8. The van der Waals surface area contributed by atoms with Gasteiger partial charge in [0.1, 0.15) is 0 Å². The molecule has 0 spiro atoms. The van der Waals surface area contributed by atoms with Gasteiger partial charge in [-0.2, -0.15) is 18.6 Å². The minimum absolute atomic E-state index is 0. The molecule has 1 N–H and O–H groups in total. The molecule has 2 amide bonds. The van der Waals surface area contributed by atoms with Crippen LogP contribution in [0.2, 0.25) is 5.02 Å². The van der Waals surface area contributed by atoms with Gasteiger partial charge in [0.15, 0.2) is 12.0 Å². The molecule has 3 aromatic rings. The summed E-state index contributed by atoms with van der Waals surface area (Å²) in [5.74, 6) is -0.580. The van der Waals surface area contributed by atoms with Gasteiger partial charge in [-0.25, -0.2) is 10.0 Å². The number of Topliss-reactive ketones (excluding diaryl/α,β-unsaturated/α-hetero) is 1. The molecule has 0 fully saturated rings. The fraction of sp³-hybridized carbons (Fsp3) is 0.172. The third kappa shape index (κ3) is 6.67. The predicted octanol–water partition coefficient (Wildman–Crippen LogP) is 2.60. The SMILES string of the molecule is [CH2-]c1ccccc1NC(=O)CCc1ccc(N2C(=O)C=CC(OC)N2c2cc(Cl)ccc2C(C)=O)cc1.[Na+]. The molecule has 38 heavy (non-hydrogen) atoms. The zero-order chi connectivity index (χ0) is 26.5. The molecule has 9 heteroatoms. The van der Waals surface area contributed by atoms with Crippen molar-refractivity contribution in [2.75, 3.05) is 22.4 Å². The van der Waals surface area contributed by atoms with Crippen molar-refractivity contribution >= 4 is 46.3 Å². The molecule has 0 aromatic heterocycles. The van der Waals surface area contributed by atoms with E-state index in [2.05, 4.69) is 12.2 Å². The summed E-state index contributed by atoms with van der Waals surface area (Å²) < 4.78 is 5.62. The zero-order valence-corrected chi connectivity index (χ0v) is 24.4. The van der Waals surface area contributed by atoms with E-state index in [1.54, 1.807) is 41.4 Å². The van der Waals surface area contributed by atoms with Gasteiger partial charge in [0.2, 0.25) is 5.91 Å². The van der Waals surface area contributed by atoms with E-state index in [4.69, 9.17) is 16.3 Å². The summed E-state index contributed by atoms with van der Waals surface area (Å²) in [4.78, 5) is 37.9. The second-order valence-corrected chi connectivity index (χ2v) is 9.01. The molecule has 7 nitrogen and oxygen atoms in total. The summed E-state index contributed by atoms with van der Waals surface area (Å²) in [6, 6.07) is 19.6. The van der Waals surface area contributed by atoms with Crippen molar-refractivity contribution in [3.63, 3.8) is 0 Å². The Morgan fingerprint density at radius 1 is 1.08 bits per heavy atom. The first-order valence-corrected chi connectivity index (χ1v) is 12.1. The van der Waals surface area contributed by atoms with Gasteiger partial charge in [0, 0.05) is 30.2 Å². The Labute approximate surface area is 249 Å². The van der Waals surface area contributed by atoms with Gasteiger partial charge in [-0.1, -0.05) is 41.6 Å². The number of para-hydroxylation sites is 1. The Morgan fingerprint density at radius 3 is 2.45 bits per heavy atom. The summed E-state index contributed by atoms with van der Waals surface area (Å²) in [5, 5.41) is 6.37. The zero-order valence-electron chi connectivity index (χ0n) is 21.6. The van der Waals surface area contributed by atoms with Crippen molar-refractivity contribution < 1.29 is 48.7 Å². The predicted molar refractivity (Wildman–Crippen MR) is 146 cm³/mol. The number of nitrogens with one attached hydrogen (secondary N) is 1. The third-order valence-corrected chi connectivity index (χ3v) is 6.24. The van der Waals surface area contributed by atoms with Gasteiger partial charge in [-0.3, -0.25) is 14.4 Å². The van der Waals surface area contributed by atoms with Gasteiger partial charge >= 0.3 is 29.6 Å². The van der Waals surface area contributed by atoms with Gasteiger partial charge in [0.05, 0.1) is 11.4 Å². The fourth-order valence-electron chi connectivity index (χ4n) is 4.12. The summed E-state index contributed by atoms with van der Waals surface area (Å²) in [6.07, 6.45) is 3.23. The van der Waals surface area contributed by atoms with Crippen LogP contribution < -0.4 is 44.9 Å². The minimum atomic E-state index is -0.645. The second kappa shape index (κ2) is 13.1. The maximum Gasteiger partial charge on any atom is 1.00 e. The molecule has 1 unspecified atom stereocenters. The summed E-state index contributed by atoms with van der Waals surface area (Å²) in [5.41, 5.74) is 3.82. The molecule has 1 atom stereocenters. The number of carbonyl (C=O) groups excluding carboxylic acids is 3. The molecule has 190 valence electrons. The van der Waals surface area contributed by atoms with Crippen molar-refractivity contribution in [1.29, 1.82) is 0 Å². The number of carbonyl (C=O) groups is 3. The maximum absolute atomic E-state index is 13.1. The van der Waals surface area contributed by atoms with Crippen LogP contribution in [0.25, 0.3) is 0 Å². The quantitative estimate of drug-likeness (QED) is 0.270. The topological polar surface area (TPSA) is 79.0 Å². The standard InChI is InChI=1S/C29H27ClN3O4.Na/c1-19-6-4-5-7-25(19)31-27(35)15-10-21-8-12-23(13-9-21)32-28(36)16-17-29(37-3)33(32)26-18-22(30)11-14-24(26)20(2)34;/h4-9,11-14,16-18,29H,1,10,15H2,2-3H3,(H,31,35);/q-1;+1. The normalized spacial score (nSPS) is 14.7. The Bertz CT molecular complexity index is 1360.